The van der Waals surface area contributed by atoms with Gasteiger partial charge < -0.3 is 15.4 Å². The summed E-state index contributed by atoms with van der Waals surface area (Å²) in [5, 5.41) is 7.32. The quantitative estimate of drug-likeness (QED) is 0.661. The number of aromatic nitrogens is 3. The molecule has 0 fully saturated rings. The Morgan fingerprint density at radius 3 is 2.93 bits per heavy atom. The van der Waals surface area contributed by atoms with E-state index in [1.165, 1.54) is 11.3 Å². The molecule has 28 heavy (non-hydrogen) atoms. The summed E-state index contributed by atoms with van der Waals surface area (Å²) >= 11 is 7.42. The number of nitrogens with one attached hydrogen (secondary N) is 1. The molecule has 4 rings (SSSR count). The van der Waals surface area contributed by atoms with E-state index in [-0.39, 0.29) is 6.03 Å². The molecule has 0 aliphatic carbocycles. The number of rotatable bonds is 5. The number of hydrogen-bond acceptors (Lipinski definition) is 6. The topological polar surface area (TPSA) is 98.3 Å². The van der Waals surface area contributed by atoms with Gasteiger partial charge in [0.15, 0.2) is 5.82 Å². The highest BCUT2D eigenvalue weighted by molar-refractivity contribution is 7.19. The zero-order valence-electron chi connectivity index (χ0n) is 15.2. The Hall–Kier alpha value is -2.62. The number of nitrogen functional groups attached to an aromatic ring is 1. The molecule has 0 spiro atoms. The van der Waals surface area contributed by atoms with Crippen molar-refractivity contribution in [2.45, 2.75) is 19.6 Å². The van der Waals surface area contributed by atoms with Gasteiger partial charge in [-0.3, -0.25) is 10.00 Å². The van der Waals surface area contributed by atoms with Gasteiger partial charge in [-0.15, -0.1) is 11.3 Å². The normalized spacial score (nSPS) is 13.0. The van der Waals surface area contributed by atoms with Crippen LogP contribution in [0.1, 0.15) is 11.3 Å². The second kappa shape index (κ2) is 7.78. The molecule has 10 heteroatoms. The van der Waals surface area contributed by atoms with E-state index >= 15 is 0 Å². The van der Waals surface area contributed by atoms with Gasteiger partial charge >= 0.3 is 6.03 Å². The van der Waals surface area contributed by atoms with Gasteiger partial charge in [0.25, 0.3) is 0 Å². The number of pyridine rings is 1. The SMILES string of the molecule is COCCn1cc2c(n1)CN(C(=O)Nc1nc(-c3ccc(Cl)s3)ccc1N)C2. The van der Waals surface area contributed by atoms with Crippen molar-refractivity contribution < 1.29 is 9.53 Å². The van der Waals surface area contributed by atoms with Crippen LogP contribution in [0.25, 0.3) is 10.6 Å². The number of carbonyl (C=O) groups is 1. The van der Waals surface area contributed by atoms with Crippen LogP contribution in [0.2, 0.25) is 4.34 Å². The number of nitrogens with two attached hydrogens (primary N) is 1. The number of ether oxygens (including phenoxy) is 1. The summed E-state index contributed by atoms with van der Waals surface area (Å²) in [5.74, 6) is 0.335. The monoisotopic (exact) mass is 418 g/mol. The summed E-state index contributed by atoms with van der Waals surface area (Å²) in [4.78, 5) is 19.8. The van der Waals surface area contributed by atoms with Gasteiger partial charge in [-0.2, -0.15) is 5.10 Å². The minimum absolute atomic E-state index is 0.262. The lowest BCUT2D eigenvalue weighted by Gasteiger charge is -2.17. The average Bonchev–Trinajstić information content (AvgIpc) is 3.36. The van der Waals surface area contributed by atoms with Gasteiger partial charge in [-0.05, 0) is 24.3 Å². The van der Waals surface area contributed by atoms with E-state index in [1.54, 1.807) is 18.1 Å². The van der Waals surface area contributed by atoms with Crippen LogP contribution in [0.15, 0.2) is 30.5 Å². The molecule has 3 N–H and O–H groups in total. The summed E-state index contributed by atoms with van der Waals surface area (Å²) < 4.78 is 7.59. The third-order valence-corrected chi connectivity index (χ3v) is 5.67. The van der Waals surface area contributed by atoms with Crippen molar-refractivity contribution in [3.63, 3.8) is 0 Å². The van der Waals surface area contributed by atoms with Crippen LogP contribution >= 0.6 is 22.9 Å². The van der Waals surface area contributed by atoms with Crippen molar-refractivity contribution in [3.05, 3.63) is 46.1 Å². The number of carbonyl (C=O) groups excluding carboxylic acids is 1. The van der Waals surface area contributed by atoms with Gasteiger partial charge in [0, 0.05) is 18.9 Å². The van der Waals surface area contributed by atoms with Crippen LogP contribution in [0.4, 0.5) is 16.3 Å². The van der Waals surface area contributed by atoms with Crippen LogP contribution in [0.5, 0.6) is 0 Å². The minimum Gasteiger partial charge on any atom is -0.396 e. The van der Waals surface area contributed by atoms with E-state index in [1.807, 2.05) is 29.1 Å². The molecule has 0 bridgehead atoms. The highest BCUT2D eigenvalue weighted by atomic mass is 35.5. The number of halogens is 1. The molecule has 8 nitrogen and oxygen atoms in total. The number of anilines is 2. The van der Waals surface area contributed by atoms with Crippen LogP contribution in [-0.2, 0) is 24.4 Å². The Bertz CT molecular complexity index is 994. The summed E-state index contributed by atoms with van der Waals surface area (Å²) in [6.07, 6.45) is 1.95. The highest BCUT2D eigenvalue weighted by Crippen LogP contribution is 2.32. The molecule has 0 saturated carbocycles. The van der Waals surface area contributed by atoms with Crippen molar-refractivity contribution in [2.24, 2.45) is 0 Å². The lowest BCUT2D eigenvalue weighted by molar-refractivity contribution is 0.182. The molecule has 146 valence electrons. The molecule has 0 atom stereocenters. The average molecular weight is 419 g/mol. The Balaban J connectivity index is 1.44. The third kappa shape index (κ3) is 3.82. The molecule has 3 aromatic rings. The fourth-order valence-corrected chi connectivity index (χ4v) is 4.01. The number of amides is 2. The number of fused-ring (bicyclic) bond motifs is 1. The highest BCUT2D eigenvalue weighted by Gasteiger charge is 2.27. The van der Waals surface area contributed by atoms with Crippen LogP contribution < -0.4 is 11.1 Å². The van der Waals surface area contributed by atoms with Crippen LogP contribution in [0, 0.1) is 0 Å². The summed E-state index contributed by atoms with van der Waals surface area (Å²) in [7, 11) is 1.66. The maximum Gasteiger partial charge on any atom is 0.323 e. The van der Waals surface area contributed by atoms with Gasteiger partial charge in [0.2, 0.25) is 0 Å². The van der Waals surface area contributed by atoms with Crippen molar-refractivity contribution in [1.29, 1.82) is 0 Å². The number of nitrogens with zero attached hydrogens (tertiary/aromatic N) is 4. The van der Waals surface area contributed by atoms with E-state index in [0.717, 1.165) is 16.1 Å². The van der Waals surface area contributed by atoms with E-state index in [0.29, 0.717) is 47.8 Å². The van der Waals surface area contributed by atoms with E-state index in [2.05, 4.69) is 15.4 Å². The minimum atomic E-state index is -0.262. The molecule has 0 aromatic carbocycles. The lowest BCUT2D eigenvalue weighted by Crippen LogP contribution is -2.31. The first-order chi connectivity index (χ1) is 13.5. The lowest BCUT2D eigenvalue weighted by atomic mass is 10.3. The smallest absolute Gasteiger partial charge is 0.323 e. The number of methoxy groups -OCH3 is 1. The third-order valence-electron chi connectivity index (χ3n) is 4.42. The molecule has 2 amide bonds. The molecule has 1 aliphatic rings. The molecule has 0 radical (unpaired) electrons. The molecule has 0 unspecified atom stereocenters. The summed E-state index contributed by atoms with van der Waals surface area (Å²) in [5.41, 5.74) is 9.05. The molecule has 4 heterocycles. The van der Waals surface area contributed by atoms with Crippen molar-refractivity contribution in [2.75, 3.05) is 24.8 Å². The zero-order chi connectivity index (χ0) is 19.7. The maximum absolute atomic E-state index is 12.7. The second-order valence-electron chi connectivity index (χ2n) is 6.38. The van der Waals surface area contributed by atoms with Crippen molar-refractivity contribution in [1.82, 2.24) is 19.7 Å². The molecule has 3 aromatic heterocycles. The number of thiophene rings is 1. The molecular formula is C18H19ClN6O2S. The first kappa shape index (κ1) is 18.7. The maximum atomic E-state index is 12.7. The molecular weight excluding hydrogens is 400 g/mol. The Kier molecular flexibility index (Phi) is 5.21. The first-order valence-electron chi connectivity index (χ1n) is 8.66. The van der Waals surface area contributed by atoms with Crippen molar-refractivity contribution in [3.8, 4) is 10.6 Å². The first-order valence-corrected chi connectivity index (χ1v) is 9.85. The predicted octanol–water partition coefficient (Wildman–Crippen LogP) is 3.44. The fraction of sp³-hybridized carbons (Fsp3) is 0.278. The number of urea groups is 1. The fourth-order valence-electron chi connectivity index (χ4n) is 2.99. The van der Waals surface area contributed by atoms with E-state index < -0.39 is 0 Å². The van der Waals surface area contributed by atoms with Gasteiger partial charge in [0.05, 0.1) is 52.5 Å². The van der Waals surface area contributed by atoms with Gasteiger partial charge in [0.1, 0.15) is 0 Å². The van der Waals surface area contributed by atoms with E-state index in [4.69, 9.17) is 22.1 Å². The van der Waals surface area contributed by atoms with Gasteiger partial charge in [-0.25, -0.2) is 9.78 Å². The molecule has 0 saturated heterocycles. The van der Waals surface area contributed by atoms with E-state index in [9.17, 15) is 4.79 Å². The summed E-state index contributed by atoms with van der Waals surface area (Å²) in [6, 6.07) is 6.97. The largest absolute Gasteiger partial charge is 0.396 e. The van der Waals surface area contributed by atoms with Gasteiger partial charge in [-0.1, -0.05) is 11.6 Å². The van der Waals surface area contributed by atoms with Crippen LogP contribution in [-0.4, -0.2) is 39.4 Å². The standard InChI is InChI=1S/C18H19ClN6O2S/c1-27-7-6-25-9-11-8-24(10-14(11)23-25)18(26)22-17-12(20)2-3-13(21-17)15-4-5-16(19)28-15/h2-5,9H,6-8,10,20H2,1H3,(H,21,22,26). The Morgan fingerprint density at radius 1 is 1.36 bits per heavy atom. The second-order valence-corrected chi connectivity index (χ2v) is 8.10. The zero-order valence-corrected chi connectivity index (χ0v) is 16.8. The Morgan fingerprint density at radius 2 is 2.21 bits per heavy atom. The van der Waals surface area contributed by atoms with Crippen molar-refractivity contribution >= 4 is 40.5 Å². The number of hydrogen-bond donors (Lipinski definition) is 2. The summed E-state index contributed by atoms with van der Waals surface area (Å²) in [6.45, 7) is 2.23. The Labute approximate surface area is 170 Å². The molecule has 1 aliphatic heterocycles. The predicted molar refractivity (Wildman–Crippen MR) is 109 cm³/mol. The van der Waals surface area contributed by atoms with Crippen LogP contribution in [0.3, 0.4) is 0 Å².